The Bertz CT molecular complexity index is 291. The van der Waals surface area contributed by atoms with Gasteiger partial charge in [0.1, 0.15) is 11.6 Å². The lowest BCUT2D eigenvalue weighted by molar-refractivity contribution is 0.579. The van der Waals surface area contributed by atoms with Crippen LogP contribution in [0.2, 0.25) is 0 Å². The first-order valence-corrected chi connectivity index (χ1v) is 3.88. The van der Waals surface area contributed by atoms with Gasteiger partial charge in [-0.2, -0.15) is 0 Å². The molecule has 1 nitrogen and oxygen atoms in total. The summed E-state index contributed by atoms with van der Waals surface area (Å²) < 4.78 is 25.3. The molecule has 0 bridgehead atoms. The summed E-state index contributed by atoms with van der Waals surface area (Å²) in [4.78, 5) is 0. The summed E-state index contributed by atoms with van der Waals surface area (Å²) in [6, 6.07) is 3.66. The molecule has 1 aliphatic rings. The van der Waals surface area contributed by atoms with Gasteiger partial charge in [0.2, 0.25) is 0 Å². The highest BCUT2D eigenvalue weighted by Crippen LogP contribution is 2.39. The van der Waals surface area contributed by atoms with E-state index >= 15 is 0 Å². The molecule has 0 saturated heterocycles. The fourth-order valence-electron chi connectivity index (χ4n) is 1.39. The summed E-state index contributed by atoms with van der Waals surface area (Å²) in [5.74, 6) is -0.886. The zero-order valence-corrected chi connectivity index (χ0v) is 6.43. The van der Waals surface area contributed by atoms with Crippen LogP contribution in [0.3, 0.4) is 0 Å². The smallest absolute Gasteiger partial charge is 0.126 e. The molecular weight excluding hydrogens is 160 g/mol. The van der Waals surface area contributed by atoms with Crippen molar-refractivity contribution >= 4 is 0 Å². The van der Waals surface area contributed by atoms with Crippen molar-refractivity contribution in [3.05, 3.63) is 35.4 Å². The normalized spacial score (nSPS) is 27.2. The van der Waals surface area contributed by atoms with Gasteiger partial charge >= 0.3 is 0 Å². The Morgan fingerprint density at radius 3 is 2.08 bits per heavy atom. The Morgan fingerprint density at radius 2 is 1.67 bits per heavy atom. The fourth-order valence-corrected chi connectivity index (χ4v) is 1.39. The van der Waals surface area contributed by atoms with Gasteiger partial charge < -0.3 is 5.73 Å². The molecule has 1 aromatic rings. The van der Waals surface area contributed by atoms with E-state index in [-0.39, 0.29) is 12.0 Å². The third-order valence-electron chi connectivity index (χ3n) is 2.15. The standard InChI is InChI=1S/C9H9F2N/c10-6-1-5(2-7(11)3-6)8-4-9(8)12/h1-3,8-9H,4,12H2/t8?,9-/m1/s1. The van der Waals surface area contributed by atoms with Crippen molar-refractivity contribution in [3.8, 4) is 0 Å². The first-order valence-electron chi connectivity index (χ1n) is 3.88. The fraction of sp³-hybridized carbons (Fsp3) is 0.333. The monoisotopic (exact) mass is 169 g/mol. The predicted octanol–water partition coefficient (Wildman–Crippen LogP) is 1.78. The van der Waals surface area contributed by atoms with E-state index < -0.39 is 11.6 Å². The molecule has 12 heavy (non-hydrogen) atoms. The second-order valence-electron chi connectivity index (χ2n) is 3.21. The molecule has 2 rings (SSSR count). The van der Waals surface area contributed by atoms with Crippen molar-refractivity contribution < 1.29 is 8.78 Å². The van der Waals surface area contributed by atoms with Crippen LogP contribution in [-0.2, 0) is 0 Å². The van der Waals surface area contributed by atoms with Gasteiger partial charge in [-0.3, -0.25) is 0 Å². The Hall–Kier alpha value is -0.960. The minimum absolute atomic E-state index is 0.0891. The summed E-state index contributed by atoms with van der Waals surface area (Å²) in [5, 5.41) is 0. The second-order valence-corrected chi connectivity index (χ2v) is 3.21. The molecule has 2 atom stereocenters. The molecular formula is C9H9F2N. The van der Waals surface area contributed by atoms with Gasteiger partial charge in [0.05, 0.1) is 0 Å². The van der Waals surface area contributed by atoms with Crippen molar-refractivity contribution in [1.82, 2.24) is 0 Å². The summed E-state index contributed by atoms with van der Waals surface area (Å²) in [5.41, 5.74) is 6.23. The van der Waals surface area contributed by atoms with Crippen molar-refractivity contribution in [3.63, 3.8) is 0 Å². The number of hydrogen-bond donors (Lipinski definition) is 1. The highest BCUT2D eigenvalue weighted by molar-refractivity contribution is 5.28. The molecule has 1 saturated carbocycles. The average molecular weight is 169 g/mol. The van der Waals surface area contributed by atoms with Gasteiger partial charge in [-0.1, -0.05) is 0 Å². The van der Waals surface area contributed by atoms with Crippen LogP contribution >= 0.6 is 0 Å². The first kappa shape index (κ1) is 7.68. The maximum atomic E-state index is 12.7. The molecule has 64 valence electrons. The number of nitrogens with two attached hydrogens (primary N) is 1. The van der Waals surface area contributed by atoms with Crippen LogP contribution < -0.4 is 5.73 Å². The van der Waals surface area contributed by atoms with Gasteiger partial charge in [-0.05, 0) is 24.1 Å². The summed E-state index contributed by atoms with van der Waals surface area (Å²) in [7, 11) is 0. The molecule has 3 heteroatoms. The van der Waals surface area contributed by atoms with Crippen molar-refractivity contribution in [2.24, 2.45) is 5.73 Å². The zero-order chi connectivity index (χ0) is 8.72. The molecule has 1 unspecified atom stereocenters. The zero-order valence-electron chi connectivity index (χ0n) is 6.43. The molecule has 1 aliphatic carbocycles. The van der Waals surface area contributed by atoms with Crippen LogP contribution in [0.5, 0.6) is 0 Å². The van der Waals surface area contributed by atoms with E-state index in [1.54, 1.807) is 0 Å². The first-order chi connectivity index (χ1) is 5.66. The highest BCUT2D eigenvalue weighted by atomic mass is 19.1. The van der Waals surface area contributed by atoms with Crippen molar-refractivity contribution in [1.29, 1.82) is 0 Å². The third kappa shape index (κ3) is 1.32. The number of benzene rings is 1. The lowest BCUT2D eigenvalue weighted by atomic mass is 10.1. The van der Waals surface area contributed by atoms with E-state index in [2.05, 4.69) is 0 Å². The van der Waals surface area contributed by atoms with Gasteiger partial charge in [-0.25, -0.2) is 8.78 Å². The van der Waals surface area contributed by atoms with Crippen LogP contribution in [0.25, 0.3) is 0 Å². The highest BCUT2D eigenvalue weighted by Gasteiger charge is 2.35. The lowest BCUT2D eigenvalue weighted by Gasteiger charge is -1.98. The summed E-state index contributed by atoms with van der Waals surface area (Å²) in [6.45, 7) is 0. The Labute approximate surface area is 69.2 Å². The maximum absolute atomic E-state index is 12.7. The lowest BCUT2D eigenvalue weighted by Crippen LogP contribution is -2.01. The van der Waals surface area contributed by atoms with E-state index in [0.29, 0.717) is 5.56 Å². The van der Waals surface area contributed by atoms with Crippen molar-refractivity contribution in [2.75, 3.05) is 0 Å². The van der Waals surface area contributed by atoms with Crippen LogP contribution in [0.4, 0.5) is 8.78 Å². The van der Waals surface area contributed by atoms with Gasteiger partial charge in [0.25, 0.3) is 0 Å². The van der Waals surface area contributed by atoms with Crippen LogP contribution in [0.15, 0.2) is 18.2 Å². The molecule has 2 N–H and O–H groups in total. The van der Waals surface area contributed by atoms with E-state index in [4.69, 9.17) is 5.73 Å². The Balaban J connectivity index is 2.32. The number of halogens is 2. The minimum Gasteiger partial charge on any atom is -0.327 e. The molecule has 0 heterocycles. The van der Waals surface area contributed by atoms with Crippen molar-refractivity contribution in [2.45, 2.75) is 18.4 Å². The van der Waals surface area contributed by atoms with Gasteiger partial charge in [-0.15, -0.1) is 0 Å². The van der Waals surface area contributed by atoms with Gasteiger partial charge in [0, 0.05) is 18.0 Å². The summed E-state index contributed by atoms with van der Waals surface area (Å²) in [6.07, 6.45) is 0.836. The molecule has 0 aromatic heterocycles. The predicted molar refractivity (Wildman–Crippen MR) is 41.7 cm³/mol. The average Bonchev–Trinajstić information content (AvgIpc) is 2.64. The summed E-state index contributed by atoms with van der Waals surface area (Å²) >= 11 is 0. The van der Waals surface area contributed by atoms with Crippen LogP contribution in [-0.4, -0.2) is 6.04 Å². The largest absolute Gasteiger partial charge is 0.327 e. The van der Waals surface area contributed by atoms with Crippen LogP contribution in [0, 0.1) is 11.6 Å². The van der Waals surface area contributed by atoms with E-state index in [0.717, 1.165) is 12.5 Å². The van der Waals surface area contributed by atoms with E-state index in [1.807, 2.05) is 0 Å². The molecule has 0 spiro atoms. The molecule has 1 aromatic carbocycles. The maximum Gasteiger partial charge on any atom is 0.126 e. The Morgan fingerprint density at radius 1 is 1.17 bits per heavy atom. The quantitative estimate of drug-likeness (QED) is 0.681. The molecule has 0 radical (unpaired) electrons. The minimum atomic E-state index is -0.524. The molecule has 1 fully saturated rings. The topological polar surface area (TPSA) is 26.0 Å². The second kappa shape index (κ2) is 2.52. The Kier molecular flexibility index (Phi) is 1.61. The third-order valence-corrected chi connectivity index (χ3v) is 2.15. The molecule has 0 aliphatic heterocycles. The van der Waals surface area contributed by atoms with E-state index in [1.165, 1.54) is 12.1 Å². The van der Waals surface area contributed by atoms with Crippen LogP contribution in [0.1, 0.15) is 17.9 Å². The molecule has 0 amide bonds. The number of hydrogen-bond acceptors (Lipinski definition) is 1. The SMILES string of the molecule is N[C@@H]1CC1c1cc(F)cc(F)c1. The van der Waals surface area contributed by atoms with Gasteiger partial charge in [0.15, 0.2) is 0 Å². The van der Waals surface area contributed by atoms with E-state index in [9.17, 15) is 8.78 Å². The number of rotatable bonds is 1.